The Balaban J connectivity index is 2.00. The maximum Gasteiger partial charge on any atom is 0.334 e. The van der Waals surface area contributed by atoms with Crippen molar-refractivity contribution in [2.45, 2.75) is 27.2 Å². The van der Waals surface area contributed by atoms with E-state index in [1.807, 2.05) is 0 Å². The molecule has 0 radical (unpaired) electrons. The Morgan fingerprint density at radius 2 is 2.00 bits per heavy atom. The SMILES string of the molecule is CCOP(=O)(C/C=C/COc1cc(CC(=O)c2cnoc2C)ccc1C#N)OCC. The van der Waals surface area contributed by atoms with Crippen LogP contribution >= 0.6 is 7.60 Å². The van der Waals surface area contributed by atoms with E-state index in [4.69, 9.17) is 18.3 Å². The van der Waals surface area contributed by atoms with Gasteiger partial charge in [-0.3, -0.25) is 9.36 Å². The monoisotopic (exact) mass is 432 g/mol. The zero-order valence-electron chi connectivity index (χ0n) is 17.3. The Bertz CT molecular complexity index is 966. The maximum atomic E-state index is 12.4. The van der Waals surface area contributed by atoms with Gasteiger partial charge >= 0.3 is 7.60 Å². The summed E-state index contributed by atoms with van der Waals surface area (Å²) in [7, 11) is -3.14. The van der Waals surface area contributed by atoms with Gasteiger partial charge in [-0.1, -0.05) is 23.4 Å². The normalized spacial score (nSPS) is 11.5. The zero-order valence-corrected chi connectivity index (χ0v) is 18.2. The second-order valence-electron chi connectivity index (χ2n) is 6.25. The molecule has 160 valence electrons. The van der Waals surface area contributed by atoms with Crippen molar-refractivity contribution in [1.29, 1.82) is 5.26 Å². The van der Waals surface area contributed by atoms with Crippen LogP contribution in [0.25, 0.3) is 0 Å². The summed E-state index contributed by atoms with van der Waals surface area (Å²) in [5, 5.41) is 12.9. The molecule has 0 unspecified atom stereocenters. The van der Waals surface area contributed by atoms with E-state index in [0.29, 0.717) is 41.4 Å². The van der Waals surface area contributed by atoms with Crippen molar-refractivity contribution in [2.24, 2.45) is 0 Å². The average Bonchev–Trinajstić information content (AvgIpc) is 3.14. The number of hydrogen-bond acceptors (Lipinski definition) is 8. The lowest BCUT2D eigenvalue weighted by molar-refractivity contribution is 0.0991. The van der Waals surface area contributed by atoms with Gasteiger partial charge in [-0.25, -0.2) is 0 Å². The number of carbonyl (C=O) groups excluding carboxylic acids is 1. The Hall–Kier alpha value is -2.72. The number of ether oxygens (including phenoxy) is 1. The molecule has 0 aliphatic carbocycles. The fraction of sp³-hybridized carbons (Fsp3) is 0.381. The molecule has 1 aromatic carbocycles. The van der Waals surface area contributed by atoms with Crippen molar-refractivity contribution < 1.29 is 27.7 Å². The topological polar surface area (TPSA) is 112 Å². The molecule has 0 amide bonds. The summed E-state index contributed by atoms with van der Waals surface area (Å²) < 4.78 is 33.4. The quantitative estimate of drug-likeness (QED) is 0.274. The molecule has 0 fully saturated rings. The minimum Gasteiger partial charge on any atom is -0.488 e. The molecule has 9 heteroatoms. The van der Waals surface area contributed by atoms with Crippen LogP contribution in [0.4, 0.5) is 0 Å². The van der Waals surface area contributed by atoms with Crippen LogP contribution in [0.2, 0.25) is 0 Å². The molecular formula is C21H25N2O6P. The molecule has 0 aliphatic rings. The zero-order chi connectivity index (χ0) is 22.0. The number of nitrogens with zero attached hydrogens (tertiary/aromatic N) is 2. The summed E-state index contributed by atoms with van der Waals surface area (Å²) in [5.41, 5.74) is 1.49. The predicted molar refractivity (Wildman–Crippen MR) is 111 cm³/mol. The number of aromatic nitrogens is 1. The Morgan fingerprint density at radius 1 is 1.27 bits per heavy atom. The second kappa shape index (κ2) is 11.5. The van der Waals surface area contributed by atoms with Crippen molar-refractivity contribution in [3.8, 4) is 11.8 Å². The van der Waals surface area contributed by atoms with E-state index in [0.717, 1.165) is 0 Å². The third-order valence-corrected chi connectivity index (χ3v) is 6.03. The molecule has 2 aromatic rings. The van der Waals surface area contributed by atoms with E-state index >= 15 is 0 Å². The molecule has 0 atom stereocenters. The lowest BCUT2D eigenvalue weighted by Crippen LogP contribution is -2.05. The van der Waals surface area contributed by atoms with Gasteiger partial charge in [-0.05, 0) is 38.5 Å². The molecule has 1 heterocycles. The van der Waals surface area contributed by atoms with Gasteiger partial charge in [0.05, 0.1) is 36.7 Å². The molecule has 2 rings (SSSR count). The van der Waals surface area contributed by atoms with Gasteiger partial charge in [0, 0.05) is 6.42 Å². The van der Waals surface area contributed by atoms with Gasteiger partial charge in [0.25, 0.3) is 0 Å². The fourth-order valence-corrected chi connectivity index (χ4v) is 4.16. The fourth-order valence-electron chi connectivity index (χ4n) is 2.68. The number of rotatable bonds is 12. The average molecular weight is 432 g/mol. The summed E-state index contributed by atoms with van der Waals surface area (Å²) in [6.45, 7) is 5.94. The molecule has 8 nitrogen and oxygen atoms in total. The van der Waals surface area contributed by atoms with Crippen LogP contribution in [-0.4, -0.2) is 36.9 Å². The smallest absolute Gasteiger partial charge is 0.334 e. The lowest BCUT2D eigenvalue weighted by atomic mass is 10.0. The van der Waals surface area contributed by atoms with Crippen LogP contribution < -0.4 is 4.74 Å². The van der Waals surface area contributed by atoms with Crippen LogP contribution in [0.3, 0.4) is 0 Å². The van der Waals surface area contributed by atoms with Gasteiger partial charge in [0.1, 0.15) is 24.2 Å². The predicted octanol–water partition coefficient (Wildman–Crippen LogP) is 4.48. The first-order valence-electron chi connectivity index (χ1n) is 9.55. The molecule has 0 spiro atoms. The number of allylic oxidation sites excluding steroid dienone is 1. The van der Waals surface area contributed by atoms with E-state index in [1.54, 1.807) is 51.1 Å². The summed E-state index contributed by atoms with van der Waals surface area (Å²) in [6, 6.07) is 7.06. The number of aryl methyl sites for hydroxylation is 1. The number of hydrogen-bond donors (Lipinski definition) is 0. The molecule has 0 saturated carbocycles. The highest BCUT2D eigenvalue weighted by atomic mass is 31.2. The molecule has 0 N–H and O–H groups in total. The molecular weight excluding hydrogens is 407 g/mol. The van der Waals surface area contributed by atoms with E-state index < -0.39 is 7.60 Å². The first-order valence-corrected chi connectivity index (χ1v) is 11.3. The largest absolute Gasteiger partial charge is 0.488 e. The Morgan fingerprint density at radius 3 is 2.60 bits per heavy atom. The van der Waals surface area contributed by atoms with Crippen molar-refractivity contribution in [3.63, 3.8) is 0 Å². The maximum absolute atomic E-state index is 12.4. The lowest BCUT2D eigenvalue weighted by Gasteiger charge is -2.14. The number of Topliss-reactive ketones (excluding diaryl/α,β-unsaturated/α-hetero) is 1. The summed E-state index contributed by atoms with van der Waals surface area (Å²) in [5.74, 6) is 0.700. The number of carbonyl (C=O) groups is 1. The van der Waals surface area contributed by atoms with E-state index in [-0.39, 0.29) is 25.0 Å². The van der Waals surface area contributed by atoms with Crippen molar-refractivity contribution in [3.05, 3.63) is 59.0 Å². The standard InChI is InChI=1S/C21H25N2O6P/c1-4-27-30(25,28-5-2)11-7-6-10-26-21-13-17(8-9-18(21)14-22)12-20(24)19-15-23-29-16(19)3/h6-9,13,15H,4-5,10-12H2,1-3H3/b7-6+. The number of nitriles is 1. The molecule has 0 aliphatic heterocycles. The van der Waals surface area contributed by atoms with E-state index in [9.17, 15) is 14.6 Å². The van der Waals surface area contributed by atoms with E-state index in [1.165, 1.54) is 6.20 Å². The van der Waals surface area contributed by atoms with Crippen LogP contribution in [0.1, 0.15) is 41.1 Å². The first kappa shape index (κ1) is 23.6. The van der Waals surface area contributed by atoms with Gasteiger partial charge < -0.3 is 18.3 Å². The van der Waals surface area contributed by atoms with E-state index in [2.05, 4.69) is 11.2 Å². The van der Waals surface area contributed by atoms with Gasteiger partial charge in [0.15, 0.2) is 5.78 Å². The van der Waals surface area contributed by atoms with Crippen molar-refractivity contribution in [2.75, 3.05) is 26.0 Å². The van der Waals surface area contributed by atoms with Crippen LogP contribution in [0.5, 0.6) is 5.75 Å². The van der Waals surface area contributed by atoms with Crippen molar-refractivity contribution in [1.82, 2.24) is 5.16 Å². The van der Waals surface area contributed by atoms with Crippen LogP contribution in [0, 0.1) is 18.3 Å². The molecule has 0 bridgehead atoms. The Labute approximate surface area is 176 Å². The first-order chi connectivity index (χ1) is 14.4. The minimum atomic E-state index is -3.14. The highest BCUT2D eigenvalue weighted by Crippen LogP contribution is 2.47. The van der Waals surface area contributed by atoms with Crippen LogP contribution in [-0.2, 0) is 20.0 Å². The minimum absolute atomic E-state index is 0.131. The number of ketones is 1. The van der Waals surface area contributed by atoms with Crippen molar-refractivity contribution >= 4 is 13.4 Å². The van der Waals surface area contributed by atoms with Gasteiger partial charge in [-0.2, -0.15) is 5.26 Å². The molecule has 0 saturated heterocycles. The summed E-state index contributed by atoms with van der Waals surface area (Å²) in [4.78, 5) is 12.4. The number of benzene rings is 1. The highest BCUT2D eigenvalue weighted by molar-refractivity contribution is 7.54. The highest BCUT2D eigenvalue weighted by Gasteiger charge is 2.21. The molecule has 1 aromatic heterocycles. The van der Waals surface area contributed by atoms with Gasteiger partial charge in [-0.15, -0.1) is 0 Å². The second-order valence-corrected chi connectivity index (χ2v) is 8.35. The van der Waals surface area contributed by atoms with Gasteiger partial charge in [0.2, 0.25) is 0 Å². The Kier molecular flexibility index (Phi) is 9.00. The third-order valence-electron chi connectivity index (χ3n) is 4.06. The van der Waals surface area contributed by atoms with Crippen LogP contribution in [0.15, 0.2) is 41.1 Å². The molecule has 30 heavy (non-hydrogen) atoms. The third kappa shape index (κ3) is 6.67. The summed E-state index contributed by atoms with van der Waals surface area (Å²) in [6.07, 6.45) is 5.01. The summed E-state index contributed by atoms with van der Waals surface area (Å²) >= 11 is 0.